The van der Waals surface area contributed by atoms with Gasteiger partial charge in [0, 0.05) is 24.2 Å². The first-order chi connectivity index (χ1) is 17.4. The fourth-order valence-corrected chi connectivity index (χ4v) is 8.41. The smallest absolute Gasteiger partial charge is 0.306 e. The van der Waals surface area contributed by atoms with E-state index in [2.05, 4.69) is 0 Å². The highest BCUT2D eigenvalue weighted by Crippen LogP contribution is 2.78. The molecule has 0 aromatic heterocycles. The van der Waals surface area contributed by atoms with Crippen LogP contribution in [0.15, 0.2) is 23.5 Å². The van der Waals surface area contributed by atoms with Crippen LogP contribution in [-0.4, -0.2) is 82.3 Å². The molecule has 36 heavy (non-hydrogen) atoms. The lowest BCUT2D eigenvalue weighted by Gasteiger charge is -2.50. The third kappa shape index (κ3) is 2.20. The van der Waals surface area contributed by atoms with Crippen LogP contribution in [0, 0.1) is 10.8 Å². The van der Waals surface area contributed by atoms with Gasteiger partial charge in [0.15, 0.2) is 12.2 Å². The van der Waals surface area contributed by atoms with Gasteiger partial charge in [-0.25, -0.2) is 0 Å². The van der Waals surface area contributed by atoms with Gasteiger partial charge in [-0.05, 0) is 37.8 Å². The van der Waals surface area contributed by atoms with Crippen LogP contribution in [0.1, 0.15) is 52.4 Å². The summed E-state index contributed by atoms with van der Waals surface area (Å²) in [5.74, 6) is -0.792. The number of rotatable bonds is 6. The van der Waals surface area contributed by atoms with Crippen molar-refractivity contribution in [2.24, 2.45) is 10.8 Å². The number of carbonyl (C=O) groups is 4. The van der Waals surface area contributed by atoms with Crippen LogP contribution < -0.4 is 0 Å². The predicted octanol–water partition coefficient (Wildman–Crippen LogP) is 0.942. The number of epoxide rings is 2. The van der Waals surface area contributed by atoms with E-state index in [1.54, 1.807) is 9.80 Å². The van der Waals surface area contributed by atoms with Gasteiger partial charge in [0.1, 0.15) is 36.5 Å². The molecular weight excluding hydrogens is 468 g/mol. The minimum Gasteiger partial charge on any atom is -0.455 e. The SMILES string of the molecule is CCCC(=O)O[C@H]1C=C2N3C(=O)[C@@H]4C[C@]56C(=C[C@H](OC(=O)CCC)[C@@H]7O[C@@H]75)N4C(=O)[C@@H]3C[C@@]26[C@H]2O[C@@H]12. The molecule has 2 spiro atoms. The van der Waals surface area contributed by atoms with Crippen LogP contribution in [0.25, 0.3) is 0 Å². The molecule has 7 saturated heterocycles. The molecule has 0 radical (unpaired) electrons. The topological polar surface area (TPSA) is 118 Å². The molecule has 7 aliphatic heterocycles. The summed E-state index contributed by atoms with van der Waals surface area (Å²) in [5.41, 5.74) is 0.236. The van der Waals surface area contributed by atoms with Gasteiger partial charge < -0.3 is 28.7 Å². The van der Waals surface area contributed by atoms with Crippen molar-refractivity contribution in [2.75, 3.05) is 0 Å². The zero-order chi connectivity index (χ0) is 24.7. The highest BCUT2D eigenvalue weighted by molar-refractivity contribution is 6.03. The number of amides is 2. The molecule has 7 heterocycles. The monoisotopic (exact) mass is 496 g/mol. The molecule has 0 aromatic carbocycles. The van der Waals surface area contributed by atoms with E-state index in [0.717, 1.165) is 11.4 Å². The van der Waals surface area contributed by atoms with Crippen molar-refractivity contribution in [3.8, 4) is 0 Å². The summed E-state index contributed by atoms with van der Waals surface area (Å²) in [4.78, 5) is 55.7. The number of esters is 2. The van der Waals surface area contributed by atoms with Gasteiger partial charge in [0.2, 0.25) is 0 Å². The fourth-order valence-electron chi connectivity index (χ4n) is 8.41. The zero-order valence-electron chi connectivity index (χ0n) is 20.2. The largest absolute Gasteiger partial charge is 0.455 e. The lowest BCUT2D eigenvalue weighted by atomic mass is 9.52. The Bertz CT molecular complexity index is 1120. The van der Waals surface area contributed by atoms with Crippen LogP contribution >= 0.6 is 0 Å². The first-order valence-electron chi connectivity index (χ1n) is 13.2. The van der Waals surface area contributed by atoms with E-state index in [1.165, 1.54) is 0 Å². The molecule has 10 nitrogen and oxygen atoms in total. The van der Waals surface area contributed by atoms with Crippen molar-refractivity contribution in [2.45, 2.75) is 101 Å². The third-order valence-corrected chi connectivity index (χ3v) is 9.69. The van der Waals surface area contributed by atoms with Crippen LogP contribution in [0.5, 0.6) is 0 Å². The number of carbonyl (C=O) groups excluding carboxylic acids is 4. The Morgan fingerprint density at radius 3 is 1.64 bits per heavy atom. The van der Waals surface area contributed by atoms with Crippen LogP contribution in [0.3, 0.4) is 0 Å². The van der Waals surface area contributed by atoms with Gasteiger partial charge in [0.05, 0.1) is 10.8 Å². The molecule has 2 aliphatic carbocycles. The summed E-state index contributed by atoms with van der Waals surface area (Å²) in [7, 11) is 0. The second-order valence-corrected chi connectivity index (χ2v) is 11.4. The third-order valence-electron chi connectivity index (χ3n) is 9.69. The van der Waals surface area contributed by atoms with Gasteiger partial charge in [0.25, 0.3) is 11.8 Å². The Hall–Kier alpha value is -2.72. The van der Waals surface area contributed by atoms with Gasteiger partial charge >= 0.3 is 11.9 Å². The van der Waals surface area contributed by atoms with E-state index in [9.17, 15) is 19.2 Å². The van der Waals surface area contributed by atoms with Crippen LogP contribution in [-0.2, 0) is 38.1 Å². The molecule has 7 fully saturated rings. The fraction of sp³-hybridized carbons (Fsp3) is 0.692. The quantitative estimate of drug-likeness (QED) is 0.394. The van der Waals surface area contributed by atoms with Crippen LogP contribution in [0.4, 0.5) is 0 Å². The highest BCUT2D eigenvalue weighted by Gasteiger charge is 2.87. The molecule has 10 heteroatoms. The van der Waals surface area contributed by atoms with E-state index in [-0.39, 0.29) is 48.2 Å². The second-order valence-electron chi connectivity index (χ2n) is 11.4. The van der Waals surface area contributed by atoms with E-state index >= 15 is 0 Å². The maximum atomic E-state index is 13.8. The lowest BCUT2D eigenvalue weighted by molar-refractivity contribution is -0.154. The Morgan fingerprint density at radius 1 is 0.833 bits per heavy atom. The predicted molar refractivity (Wildman–Crippen MR) is 118 cm³/mol. The number of hydrogen-bond donors (Lipinski definition) is 0. The summed E-state index contributed by atoms with van der Waals surface area (Å²) in [6.45, 7) is 3.84. The number of hydrogen-bond acceptors (Lipinski definition) is 8. The normalized spacial score (nSPS) is 47.4. The zero-order valence-corrected chi connectivity index (χ0v) is 20.2. The van der Waals surface area contributed by atoms with Gasteiger partial charge in [-0.2, -0.15) is 0 Å². The van der Waals surface area contributed by atoms with E-state index in [0.29, 0.717) is 38.5 Å². The summed E-state index contributed by atoms with van der Waals surface area (Å²) >= 11 is 0. The minimum atomic E-state index is -0.634. The molecule has 10 atom stereocenters. The molecule has 0 unspecified atom stereocenters. The minimum absolute atomic E-state index is 0.102. The number of piperazine rings is 1. The summed E-state index contributed by atoms with van der Waals surface area (Å²) in [5, 5.41) is 0. The molecule has 0 N–H and O–H groups in total. The molecule has 0 aromatic rings. The van der Waals surface area contributed by atoms with Gasteiger partial charge in [-0.1, -0.05) is 13.8 Å². The van der Waals surface area contributed by atoms with Crippen molar-refractivity contribution >= 4 is 23.8 Å². The molecule has 9 rings (SSSR count). The van der Waals surface area contributed by atoms with E-state index in [1.807, 2.05) is 26.0 Å². The summed E-state index contributed by atoms with van der Waals surface area (Å²) < 4.78 is 24.1. The summed E-state index contributed by atoms with van der Waals surface area (Å²) in [6.07, 6.45) is 4.33. The summed E-state index contributed by atoms with van der Waals surface area (Å²) in [6, 6.07) is -1.23. The maximum absolute atomic E-state index is 13.8. The first kappa shape index (κ1) is 21.4. The highest BCUT2D eigenvalue weighted by atomic mass is 16.6. The average molecular weight is 497 g/mol. The molecule has 2 amide bonds. The molecular formula is C26H28N2O8. The van der Waals surface area contributed by atoms with Crippen LogP contribution in [0.2, 0.25) is 0 Å². The van der Waals surface area contributed by atoms with Gasteiger partial charge in [-0.15, -0.1) is 0 Å². The molecule has 0 saturated carbocycles. The van der Waals surface area contributed by atoms with Crippen molar-refractivity contribution in [3.05, 3.63) is 23.5 Å². The number of fused-ring (bicyclic) bond motifs is 2. The van der Waals surface area contributed by atoms with Crippen molar-refractivity contribution < 1.29 is 38.1 Å². The molecule has 9 aliphatic rings. The Balaban J connectivity index is 1.28. The molecule has 190 valence electrons. The Kier molecular flexibility index (Phi) is 3.91. The van der Waals surface area contributed by atoms with E-state index < -0.39 is 35.1 Å². The van der Waals surface area contributed by atoms with Crippen molar-refractivity contribution in [1.29, 1.82) is 0 Å². The van der Waals surface area contributed by atoms with Crippen molar-refractivity contribution in [3.63, 3.8) is 0 Å². The average Bonchev–Trinajstić information content (AvgIpc) is 3.74. The second kappa shape index (κ2) is 6.58. The Morgan fingerprint density at radius 2 is 1.25 bits per heavy atom. The lowest BCUT2D eigenvalue weighted by Crippen LogP contribution is -2.60. The number of ether oxygens (including phenoxy) is 4. The van der Waals surface area contributed by atoms with E-state index in [4.69, 9.17) is 18.9 Å². The van der Waals surface area contributed by atoms with Gasteiger partial charge in [-0.3, -0.25) is 19.2 Å². The maximum Gasteiger partial charge on any atom is 0.306 e. The molecule has 6 bridgehead atoms. The van der Waals surface area contributed by atoms with Crippen molar-refractivity contribution in [1.82, 2.24) is 9.80 Å². The standard InChI is InChI=1S/C26H28N2O8/c1-3-5-17(29)33-13-7-15-25(21-19(13)35-21)9-11-24(32)28-12(23(31)27(11)15)10-26(25)16(28)8-14(20-22(26)36-20)34-18(30)6-4-2/h7-8,11-14,19-22H,3-6,9-10H2,1-2H3/t11-,12-,13-,14-,19-,20-,21-,22-,25-,26-/m0/s1. The first-order valence-corrected chi connectivity index (χ1v) is 13.2. The number of nitrogens with zero attached hydrogens (tertiary/aromatic N) is 2. The Labute approximate surface area is 207 Å².